The highest BCUT2D eigenvalue weighted by molar-refractivity contribution is 7.17. The minimum atomic E-state index is -0.496. The molecule has 0 amide bonds. The van der Waals surface area contributed by atoms with Gasteiger partial charge in [0, 0.05) is 18.5 Å². The number of ether oxygens (including phenoxy) is 1. The summed E-state index contributed by atoms with van der Waals surface area (Å²) in [6, 6.07) is 10.6. The van der Waals surface area contributed by atoms with Crippen LogP contribution in [0.3, 0.4) is 0 Å². The van der Waals surface area contributed by atoms with Gasteiger partial charge in [-0.25, -0.2) is 14.8 Å². The maximum Gasteiger partial charge on any atom is 0.350 e. The third-order valence-corrected chi connectivity index (χ3v) is 5.32. The fourth-order valence-corrected chi connectivity index (χ4v) is 3.71. The Morgan fingerprint density at radius 2 is 2.04 bits per heavy atom. The minimum absolute atomic E-state index is 0.0881. The number of aryl methyl sites for hydroxylation is 2. The lowest BCUT2D eigenvalue weighted by Gasteiger charge is -2.07. The Bertz CT molecular complexity index is 1230. The van der Waals surface area contributed by atoms with Gasteiger partial charge in [-0.1, -0.05) is 12.1 Å². The van der Waals surface area contributed by atoms with Gasteiger partial charge >= 0.3 is 5.97 Å². The monoisotopic (exact) mass is 392 g/mol. The van der Waals surface area contributed by atoms with E-state index in [0.717, 1.165) is 5.56 Å². The summed E-state index contributed by atoms with van der Waals surface area (Å²) in [6.45, 7) is 3.54. The zero-order valence-corrected chi connectivity index (χ0v) is 16.1. The standard InChI is InChI=1S/C20H16N4O3S/c1-12-6-5-9-24-16(25)10-14(23-18(12)24)11-27-20(26)17-13(2)22-19(28-17)15-7-3-4-8-21-15/h3-10H,11H2,1-2H3. The average Bonchev–Trinajstić information content (AvgIpc) is 3.09. The molecule has 0 aromatic carbocycles. The van der Waals surface area contributed by atoms with Gasteiger partial charge in [0.05, 0.1) is 17.1 Å². The Morgan fingerprint density at radius 3 is 2.82 bits per heavy atom. The minimum Gasteiger partial charge on any atom is -0.455 e. The number of rotatable bonds is 4. The van der Waals surface area contributed by atoms with E-state index in [1.54, 1.807) is 25.4 Å². The van der Waals surface area contributed by atoms with Gasteiger partial charge in [-0.05, 0) is 37.6 Å². The average molecular weight is 392 g/mol. The van der Waals surface area contributed by atoms with E-state index in [9.17, 15) is 9.59 Å². The summed E-state index contributed by atoms with van der Waals surface area (Å²) >= 11 is 1.23. The Labute approximate surface area is 164 Å². The molecule has 0 bridgehead atoms. The Hall–Kier alpha value is -3.39. The predicted molar refractivity (Wildman–Crippen MR) is 105 cm³/mol. The van der Waals surface area contributed by atoms with Crippen molar-refractivity contribution in [2.24, 2.45) is 0 Å². The number of hydrogen-bond donors (Lipinski definition) is 0. The van der Waals surface area contributed by atoms with Crippen molar-refractivity contribution in [1.82, 2.24) is 19.4 Å². The van der Waals surface area contributed by atoms with Crippen molar-refractivity contribution in [2.75, 3.05) is 0 Å². The Balaban J connectivity index is 1.55. The van der Waals surface area contributed by atoms with Crippen molar-refractivity contribution in [2.45, 2.75) is 20.5 Å². The van der Waals surface area contributed by atoms with Crippen LogP contribution < -0.4 is 5.56 Å². The van der Waals surface area contributed by atoms with Crippen LogP contribution in [0.4, 0.5) is 0 Å². The molecule has 4 heterocycles. The van der Waals surface area contributed by atoms with Crippen LogP contribution >= 0.6 is 11.3 Å². The van der Waals surface area contributed by atoms with Crippen molar-refractivity contribution < 1.29 is 9.53 Å². The third-order valence-electron chi connectivity index (χ3n) is 4.16. The summed E-state index contributed by atoms with van der Waals surface area (Å²) in [7, 11) is 0. The van der Waals surface area contributed by atoms with E-state index in [0.29, 0.717) is 32.6 Å². The van der Waals surface area contributed by atoms with Crippen LogP contribution in [0.25, 0.3) is 16.3 Å². The molecular weight excluding hydrogens is 376 g/mol. The quantitative estimate of drug-likeness (QED) is 0.496. The lowest BCUT2D eigenvalue weighted by molar-refractivity contribution is 0.0472. The van der Waals surface area contributed by atoms with Gasteiger partial charge in [0.2, 0.25) is 0 Å². The second-order valence-electron chi connectivity index (χ2n) is 6.20. The molecule has 0 saturated heterocycles. The first-order chi connectivity index (χ1) is 13.5. The van der Waals surface area contributed by atoms with E-state index in [-0.39, 0.29) is 12.2 Å². The van der Waals surface area contributed by atoms with E-state index in [1.807, 2.05) is 31.2 Å². The Morgan fingerprint density at radius 1 is 1.18 bits per heavy atom. The van der Waals surface area contributed by atoms with Crippen molar-refractivity contribution in [3.05, 3.63) is 81.0 Å². The van der Waals surface area contributed by atoms with E-state index < -0.39 is 5.97 Å². The van der Waals surface area contributed by atoms with Crippen LogP contribution in [-0.4, -0.2) is 25.3 Å². The van der Waals surface area contributed by atoms with Crippen LogP contribution in [0.5, 0.6) is 0 Å². The van der Waals surface area contributed by atoms with Crippen LogP contribution in [0.2, 0.25) is 0 Å². The van der Waals surface area contributed by atoms with E-state index >= 15 is 0 Å². The lowest BCUT2D eigenvalue weighted by Crippen LogP contribution is -2.17. The van der Waals surface area contributed by atoms with Crippen molar-refractivity contribution in [3.8, 4) is 10.7 Å². The normalized spacial score (nSPS) is 10.9. The van der Waals surface area contributed by atoms with Crippen LogP contribution in [-0.2, 0) is 11.3 Å². The highest BCUT2D eigenvalue weighted by Gasteiger charge is 2.18. The summed E-state index contributed by atoms with van der Waals surface area (Å²) in [5.41, 5.74) is 2.89. The summed E-state index contributed by atoms with van der Waals surface area (Å²) in [6.07, 6.45) is 3.34. The zero-order valence-electron chi connectivity index (χ0n) is 15.2. The molecule has 4 rings (SSSR count). The molecule has 8 heteroatoms. The number of pyridine rings is 2. The SMILES string of the molecule is Cc1nc(-c2ccccn2)sc1C(=O)OCc1cc(=O)n2cccc(C)c2n1. The molecule has 0 atom stereocenters. The molecule has 0 spiro atoms. The van der Waals surface area contributed by atoms with E-state index in [2.05, 4.69) is 15.0 Å². The molecule has 4 aromatic heterocycles. The third kappa shape index (κ3) is 3.41. The first-order valence-electron chi connectivity index (χ1n) is 8.57. The molecule has 0 aliphatic heterocycles. The van der Waals surface area contributed by atoms with Gasteiger partial charge in [0.25, 0.3) is 5.56 Å². The van der Waals surface area contributed by atoms with Crippen molar-refractivity contribution in [1.29, 1.82) is 0 Å². The Kier molecular flexibility index (Phi) is 4.70. The summed E-state index contributed by atoms with van der Waals surface area (Å²) in [4.78, 5) is 38.3. The van der Waals surface area contributed by atoms with Crippen molar-refractivity contribution in [3.63, 3.8) is 0 Å². The molecule has 140 valence electrons. The number of thiazole rings is 1. The first-order valence-corrected chi connectivity index (χ1v) is 9.38. The fourth-order valence-electron chi connectivity index (χ4n) is 2.77. The highest BCUT2D eigenvalue weighted by atomic mass is 32.1. The largest absolute Gasteiger partial charge is 0.455 e. The molecule has 0 unspecified atom stereocenters. The number of aromatic nitrogens is 4. The van der Waals surface area contributed by atoms with Gasteiger partial charge in [-0.2, -0.15) is 0 Å². The van der Waals surface area contributed by atoms with Gasteiger partial charge in [0.1, 0.15) is 22.1 Å². The van der Waals surface area contributed by atoms with Gasteiger partial charge in [-0.3, -0.25) is 14.2 Å². The summed E-state index contributed by atoms with van der Waals surface area (Å²) in [5, 5.41) is 0.655. The molecule has 28 heavy (non-hydrogen) atoms. The molecule has 7 nitrogen and oxygen atoms in total. The number of nitrogens with zero attached hydrogens (tertiary/aromatic N) is 4. The second-order valence-corrected chi connectivity index (χ2v) is 7.19. The molecule has 0 saturated carbocycles. The van der Waals surface area contributed by atoms with Crippen LogP contribution in [0, 0.1) is 13.8 Å². The maximum atomic E-state index is 12.5. The van der Waals surface area contributed by atoms with E-state index in [1.165, 1.54) is 21.8 Å². The molecule has 0 fully saturated rings. The molecule has 0 radical (unpaired) electrons. The molecule has 0 N–H and O–H groups in total. The van der Waals surface area contributed by atoms with Crippen LogP contribution in [0.1, 0.15) is 26.6 Å². The maximum absolute atomic E-state index is 12.5. The van der Waals surface area contributed by atoms with Crippen LogP contribution in [0.15, 0.2) is 53.6 Å². The topological polar surface area (TPSA) is 86.5 Å². The van der Waals surface area contributed by atoms with Crippen molar-refractivity contribution >= 4 is 23.0 Å². The zero-order chi connectivity index (χ0) is 19.7. The number of fused-ring (bicyclic) bond motifs is 1. The second kappa shape index (κ2) is 7.32. The predicted octanol–water partition coefficient (Wildman–Crippen LogP) is 3.19. The molecular formula is C20H16N4O3S. The summed E-state index contributed by atoms with van der Waals surface area (Å²) < 4.78 is 6.85. The lowest BCUT2D eigenvalue weighted by atomic mass is 10.3. The number of carbonyl (C=O) groups excluding carboxylic acids is 1. The highest BCUT2D eigenvalue weighted by Crippen LogP contribution is 2.27. The first kappa shape index (κ1) is 18.0. The number of esters is 1. The smallest absolute Gasteiger partial charge is 0.350 e. The molecule has 0 aliphatic rings. The van der Waals surface area contributed by atoms with Gasteiger partial charge in [0.15, 0.2) is 0 Å². The summed E-state index contributed by atoms with van der Waals surface area (Å²) in [5.74, 6) is -0.496. The number of carbonyl (C=O) groups is 1. The van der Waals surface area contributed by atoms with Gasteiger partial charge < -0.3 is 4.74 Å². The fraction of sp³-hybridized carbons (Fsp3) is 0.150. The molecule has 4 aromatic rings. The van der Waals surface area contributed by atoms with E-state index in [4.69, 9.17) is 4.74 Å². The van der Waals surface area contributed by atoms with Gasteiger partial charge in [-0.15, -0.1) is 11.3 Å². The number of hydrogen-bond acceptors (Lipinski definition) is 7. The molecule has 0 aliphatic carbocycles.